The van der Waals surface area contributed by atoms with Crippen LogP contribution in [0.1, 0.15) is 36.8 Å². The predicted octanol–water partition coefficient (Wildman–Crippen LogP) is 1.13. The summed E-state index contributed by atoms with van der Waals surface area (Å²) >= 11 is 0. The second kappa shape index (κ2) is 2.81. The molecule has 1 unspecified atom stereocenters. The fourth-order valence-corrected chi connectivity index (χ4v) is 1.82. The molecule has 1 saturated carbocycles. The number of oxazole rings is 1. The van der Waals surface area contributed by atoms with Gasteiger partial charge in [-0.2, -0.15) is 0 Å². The van der Waals surface area contributed by atoms with Crippen molar-refractivity contribution in [1.82, 2.24) is 4.98 Å². The molecule has 1 aliphatic heterocycles. The van der Waals surface area contributed by atoms with Crippen molar-refractivity contribution in [2.75, 3.05) is 13.2 Å². The van der Waals surface area contributed by atoms with Crippen molar-refractivity contribution < 1.29 is 9.15 Å². The van der Waals surface area contributed by atoms with Gasteiger partial charge < -0.3 is 14.9 Å². The minimum absolute atomic E-state index is 0.252. The first-order valence-corrected chi connectivity index (χ1v) is 5.10. The van der Waals surface area contributed by atoms with Crippen LogP contribution in [0.3, 0.4) is 0 Å². The monoisotopic (exact) mass is 194 g/mol. The highest BCUT2D eigenvalue weighted by Gasteiger charge is 2.45. The Balaban J connectivity index is 1.82. The van der Waals surface area contributed by atoms with E-state index < -0.39 is 0 Å². The molecule has 0 radical (unpaired) electrons. The number of ether oxygens (including phenoxy) is 1. The Morgan fingerprint density at radius 2 is 2.36 bits per heavy atom. The van der Waals surface area contributed by atoms with Crippen LogP contribution in [0.15, 0.2) is 10.7 Å². The van der Waals surface area contributed by atoms with E-state index in [9.17, 15) is 0 Å². The van der Waals surface area contributed by atoms with Gasteiger partial charge in [0.2, 0.25) is 5.89 Å². The van der Waals surface area contributed by atoms with Crippen LogP contribution in [-0.4, -0.2) is 18.2 Å². The van der Waals surface area contributed by atoms with Gasteiger partial charge in [-0.1, -0.05) is 0 Å². The van der Waals surface area contributed by atoms with Gasteiger partial charge in [0.1, 0.15) is 6.26 Å². The van der Waals surface area contributed by atoms with Gasteiger partial charge in [0.25, 0.3) is 0 Å². The molecule has 2 aliphatic rings. The topological polar surface area (TPSA) is 61.3 Å². The maximum Gasteiger partial charge on any atom is 0.214 e. The van der Waals surface area contributed by atoms with Crippen LogP contribution in [-0.2, 0) is 10.3 Å². The standard InChI is InChI=1S/C10H14N2O2/c11-10(2-3-10)9-12-8(6-14-9)7-1-4-13-5-7/h6-7H,1-5,11H2. The van der Waals surface area contributed by atoms with Crippen molar-refractivity contribution in [2.45, 2.75) is 30.7 Å². The van der Waals surface area contributed by atoms with Gasteiger partial charge in [-0.05, 0) is 19.3 Å². The smallest absolute Gasteiger partial charge is 0.214 e. The fourth-order valence-electron chi connectivity index (χ4n) is 1.82. The van der Waals surface area contributed by atoms with Gasteiger partial charge in [-0.15, -0.1) is 0 Å². The van der Waals surface area contributed by atoms with Crippen LogP contribution in [0.25, 0.3) is 0 Å². The SMILES string of the molecule is NC1(c2nc(C3CCOC3)co2)CC1. The molecule has 1 aromatic rings. The largest absolute Gasteiger partial charge is 0.447 e. The van der Waals surface area contributed by atoms with E-state index in [1.165, 1.54) is 0 Å². The Labute approximate surface area is 82.4 Å². The van der Waals surface area contributed by atoms with Gasteiger partial charge in [-0.3, -0.25) is 0 Å². The van der Waals surface area contributed by atoms with E-state index in [1.54, 1.807) is 6.26 Å². The predicted molar refractivity (Wildman–Crippen MR) is 49.8 cm³/mol. The van der Waals surface area contributed by atoms with Crippen LogP contribution in [0.5, 0.6) is 0 Å². The number of hydrogen-bond acceptors (Lipinski definition) is 4. The normalized spacial score (nSPS) is 29.4. The van der Waals surface area contributed by atoms with E-state index in [4.69, 9.17) is 14.9 Å². The summed E-state index contributed by atoms with van der Waals surface area (Å²) in [5.74, 6) is 1.12. The van der Waals surface area contributed by atoms with Gasteiger partial charge >= 0.3 is 0 Å². The first kappa shape index (κ1) is 8.44. The molecule has 2 heterocycles. The average molecular weight is 194 g/mol. The molecule has 14 heavy (non-hydrogen) atoms. The minimum Gasteiger partial charge on any atom is -0.447 e. The summed E-state index contributed by atoms with van der Waals surface area (Å²) in [5.41, 5.74) is 6.75. The Hall–Kier alpha value is -0.870. The van der Waals surface area contributed by atoms with E-state index in [2.05, 4.69) is 4.98 Å². The van der Waals surface area contributed by atoms with Gasteiger partial charge in [-0.25, -0.2) is 4.98 Å². The van der Waals surface area contributed by atoms with Crippen LogP contribution in [0, 0.1) is 0 Å². The third-order valence-electron chi connectivity index (χ3n) is 3.08. The minimum atomic E-state index is -0.252. The second-order valence-electron chi connectivity index (χ2n) is 4.29. The third kappa shape index (κ3) is 1.26. The molecule has 1 aliphatic carbocycles. The maximum absolute atomic E-state index is 5.99. The van der Waals surface area contributed by atoms with Crippen LogP contribution in [0.4, 0.5) is 0 Å². The van der Waals surface area contributed by atoms with E-state index >= 15 is 0 Å². The van der Waals surface area contributed by atoms with Gasteiger partial charge in [0.05, 0.1) is 17.8 Å². The van der Waals surface area contributed by atoms with Crippen molar-refractivity contribution in [3.8, 4) is 0 Å². The summed E-state index contributed by atoms with van der Waals surface area (Å²) in [7, 11) is 0. The number of hydrogen-bond donors (Lipinski definition) is 1. The molecule has 0 bridgehead atoms. The molecule has 0 spiro atoms. The molecule has 4 heteroatoms. The molecule has 76 valence electrons. The van der Waals surface area contributed by atoms with Crippen LogP contribution in [0.2, 0.25) is 0 Å². The molecule has 2 N–H and O–H groups in total. The molecule has 1 saturated heterocycles. The highest BCUT2D eigenvalue weighted by Crippen LogP contribution is 2.42. The first-order valence-electron chi connectivity index (χ1n) is 5.10. The summed E-state index contributed by atoms with van der Waals surface area (Å²) in [6.07, 6.45) is 4.77. The quantitative estimate of drug-likeness (QED) is 0.766. The Morgan fingerprint density at radius 3 is 3.00 bits per heavy atom. The van der Waals surface area contributed by atoms with Crippen LogP contribution >= 0.6 is 0 Å². The van der Waals surface area contributed by atoms with Crippen molar-refractivity contribution in [2.24, 2.45) is 5.73 Å². The summed E-state index contributed by atoms with van der Waals surface area (Å²) in [4.78, 5) is 4.45. The number of nitrogens with zero attached hydrogens (tertiary/aromatic N) is 1. The first-order chi connectivity index (χ1) is 6.78. The van der Waals surface area contributed by atoms with Crippen molar-refractivity contribution in [3.63, 3.8) is 0 Å². The lowest BCUT2D eigenvalue weighted by molar-refractivity contribution is 0.193. The van der Waals surface area contributed by atoms with Crippen molar-refractivity contribution >= 4 is 0 Å². The molecular weight excluding hydrogens is 180 g/mol. The third-order valence-corrected chi connectivity index (χ3v) is 3.08. The second-order valence-corrected chi connectivity index (χ2v) is 4.29. The molecule has 0 aromatic carbocycles. The molecule has 1 aromatic heterocycles. The number of nitrogens with two attached hydrogens (primary N) is 1. The van der Waals surface area contributed by atoms with Crippen LogP contribution < -0.4 is 5.73 Å². The maximum atomic E-state index is 5.99. The van der Waals surface area contributed by atoms with E-state index in [0.717, 1.165) is 38.2 Å². The average Bonchev–Trinajstić information content (AvgIpc) is 2.73. The summed E-state index contributed by atoms with van der Waals surface area (Å²) < 4.78 is 10.7. The van der Waals surface area contributed by atoms with Gasteiger partial charge in [0, 0.05) is 12.5 Å². The molecule has 1 atom stereocenters. The number of aromatic nitrogens is 1. The lowest BCUT2D eigenvalue weighted by atomic mass is 10.1. The molecular formula is C10H14N2O2. The molecule has 2 fully saturated rings. The Bertz CT molecular complexity index is 338. The zero-order chi connectivity index (χ0) is 9.60. The lowest BCUT2D eigenvalue weighted by Gasteiger charge is -2.02. The van der Waals surface area contributed by atoms with E-state index in [1.807, 2.05) is 0 Å². The molecule has 4 nitrogen and oxygen atoms in total. The lowest BCUT2D eigenvalue weighted by Crippen LogP contribution is -2.19. The van der Waals surface area contributed by atoms with E-state index in [0.29, 0.717) is 11.8 Å². The number of rotatable bonds is 2. The van der Waals surface area contributed by atoms with Gasteiger partial charge in [0.15, 0.2) is 0 Å². The zero-order valence-corrected chi connectivity index (χ0v) is 8.03. The molecule has 0 amide bonds. The highest BCUT2D eigenvalue weighted by molar-refractivity contribution is 5.16. The summed E-state index contributed by atoms with van der Waals surface area (Å²) in [6.45, 7) is 1.60. The van der Waals surface area contributed by atoms with E-state index in [-0.39, 0.29) is 5.54 Å². The Morgan fingerprint density at radius 1 is 1.50 bits per heavy atom. The summed E-state index contributed by atoms with van der Waals surface area (Å²) in [5, 5.41) is 0. The summed E-state index contributed by atoms with van der Waals surface area (Å²) in [6, 6.07) is 0. The fraction of sp³-hybridized carbons (Fsp3) is 0.700. The van der Waals surface area contributed by atoms with Crippen molar-refractivity contribution in [1.29, 1.82) is 0 Å². The highest BCUT2D eigenvalue weighted by atomic mass is 16.5. The van der Waals surface area contributed by atoms with Crippen molar-refractivity contribution in [3.05, 3.63) is 17.8 Å². The Kier molecular flexibility index (Phi) is 1.69. The zero-order valence-electron chi connectivity index (χ0n) is 8.03. The molecule has 3 rings (SSSR count).